The molecule has 5 rings (SSSR count). The molecule has 3 aliphatic rings. The van der Waals surface area contributed by atoms with Gasteiger partial charge < -0.3 is 0 Å². The van der Waals surface area contributed by atoms with E-state index in [1.54, 1.807) is 0 Å². The Morgan fingerprint density at radius 3 is 2.91 bits per heavy atom. The molecule has 2 aromatic rings. The maximum absolute atomic E-state index is 13.2. The van der Waals surface area contributed by atoms with Gasteiger partial charge in [0, 0.05) is 29.5 Å². The number of hydrogen-bond donors (Lipinski definition) is 0. The van der Waals surface area contributed by atoms with Crippen molar-refractivity contribution in [2.75, 3.05) is 13.1 Å². The standard InChI is InChI=1S/C20H24N2O/c1-3-20-12-17(23)22-16-7-5-4-6-14(16)15-9-11-21(10-8-13(20)2)19(20)18(15)22/h4-7,13,19H,3,8-12H2,1-2H3. The molecule has 3 heteroatoms. The van der Waals surface area contributed by atoms with Crippen molar-refractivity contribution < 1.29 is 4.79 Å². The summed E-state index contributed by atoms with van der Waals surface area (Å²) in [6.45, 7) is 7.00. The minimum absolute atomic E-state index is 0.134. The fraction of sp³-hybridized carbons (Fsp3) is 0.550. The number of carbonyl (C=O) groups excluding carboxylic acids is 1. The molecule has 3 unspecified atom stereocenters. The summed E-state index contributed by atoms with van der Waals surface area (Å²) in [6, 6.07) is 8.94. The fourth-order valence-electron chi connectivity index (χ4n) is 5.79. The molecular formula is C20H24N2O. The number of benzene rings is 1. The highest BCUT2D eigenvalue weighted by molar-refractivity contribution is 5.97. The lowest BCUT2D eigenvalue weighted by Crippen LogP contribution is -2.56. The van der Waals surface area contributed by atoms with Gasteiger partial charge in [0.1, 0.15) is 0 Å². The molecule has 3 aliphatic heterocycles. The van der Waals surface area contributed by atoms with Gasteiger partial charge in [-0.1, -0.05) is 32.0 Å². The molecule has 4 heterocycles. The molecule has 1 aromatic carbocycles. The van der Waals surface area contributed by atoms with E-state index < -0.39 is 0 Å². The molecular weight excluding hydrogens is 284 g/mol. The van der Waals surface area contributed by atoms with Crippen LogP contribution in [0.4, 0.5) is 0 Å². The first-order chi connectivity index (χ1) is 11.2. The largest absolute Gasteiger partial charge is 0.294 e. The minimum Gasteiger partial charge on any atom is -0.294 e. The van der Waals surface area contributed by atoms with Crippen LogP contribution in [0.25, 0.3) is 10.9 Å². The number of aromatic nitrogens is 1. The zero-order valence-electron chi connectivity index (χ0n) is 14.0. The Balaban J connectivity index is 1.87. The Morgan fingerprint density at radius 2 is 2.09 bits per heavy atom. The molecule has 23 heavy (non-hydrogen) atoms. The van der Waals surface area contributed by atoms with Crippen molar-refractivity contribution in [1.29, 1.82) is 0 Å². The molecule has 0 N–H and O–H groups in total. The molecule has 1 fully saturated rings. The third-order valence-corrected chi connectivity index (χ3v) is 7.06. The van der Waals surface area contributed by atoms with Gasteiger partial charge in [0.15, 0.2) is 0 Å². The second-order valence-electron chi connectivity index (χ2n) is 7.75. The summed E-state index contributed by atoms with van der Waals surface area (Å²) >= 11 is 0. The van der Waals surface area contributed by atoms with Gasteiger partial charge in [-0.05, 0) is 43.4 Å². The lowest BCUT2D eigenvalue weighted by molar-refractivity contribution is -0.0541. The van der Waals surface area contributed by atoms with Crippen molar-refractivity contribution in [2.24, 2.45) is 11.3 Å². The van der Waals surface area contributed by atoms with Gasteiger partial charge in [-0.25, -0.2) is 0 Å². The molecule has 3 atom stereocenters. The maximum atomic E-state index is 13.2. The number of para-hydroxylation sites is 1. The first-order valence-corrected chi connectivity index (χ1v) is 9.07. The van der Waals surface area contributed by atoms with Crippen molar-refractivity contribution in [2.45, 2.75) is 45.6 Å². The van der Waals surface area contributed by atoms with Gasteiger partial charge >= 0.3 is 0 Å². The van der Waals surface area contributed by atoms with Crippen LogP contribution in [-0.4, -0.2) is 28.5 Å². The smallest absolute Gasteiger partial charge is 0.232 e. The number of nitrogens with zero attached hydrogens (tertiary/aromatic N) is 2. The van der Waals surface area contributed by atoms with E-state index in [9.17, 15) is 4.79 Å². The molecule has 0 radical (unpaired) electrons. The third kappa shape index (κ3) is 1.52. The summed E-state index contributed by atoms with van der Waals surface area (Å²) in [4.78, 5) is 15.8. The van der Waals surface area contributed by atoms with Crippen molar-refractivity contribution in [3.63, 3.8) is 0 Å². The molecule has 120 valence electrons. The van der Waals surface area contributed by atoms with Crippen LogP contribution in [0.2, 0.25) is 0 Å². The molecule has 1 saturated heterocycles. The van der Waals surface area contributed by atoms with Gasteiger partial charge in [-0.15, -0.1) is 0 Å². The minimum atomic E-state index is 0.134. The predicted molar refractivity (Wildman–Crippen MR) is 91.7 cm³/mol. The van der Waals surface area contributed by atoms with Crippen LogP contribution in [0.1, 0.15) is 55.2 Å². The molecule has 0 spiro atoms. The molecule has 0 saturated carbocycles. The van der Waals surface area contributed by atoms with Gasteiger partial charge in [0.05, 0.1) is 11.6 Å². The van der Waals surface area contributed by atoms with Crippen molar-refractivity contribution in [1.82, 2.24) is 9.47 Å². The van der Waals surface area contributed by atoms with Crippen molar-refractivity contribution >= 4 is 16.8 Å². The summed E-state index contributed by atoms with van der Waals surface area (Å²) in [6.07, 6.45) is 4.12. The molecule has 3 nitrogen and oxygen atoms in total. The highest BCUT2D eigenvalue weighted by atomic mass is 16.2. The number of fused-ring (bicyclic) bond motifs is 3. The SMILES string of the molecule is CCC12CC(=O)n3c4c(c5ccccc53)CCN(CCC1C)C42. The summed E-state index contributed by atoms with van der Waals surface area (Å²) in [5.74, 6) is 0.937. The molecule has 0 bridgehead atoms. The fourth-order valence-corrected chi connectivity index (χ4v) is 5.79. The van der Waals surface area contributed by atoms with E-state index >= 15 is 0 Å². The summed E-state index contributed by atoms with van der Waals surface area (Å²) < 4.78 is 2.08. The van der Waals surface area contributed by atoms with Gasteiger partial charge in [0.25, 0.3) is 0 Å². The first-order valence-electron chi connectivity index (χ1n) is 9.07. The molecule has 1 aromatic heterocycles. The average molecular weight is 308 g/mol. The van der Waals surface area contributed by atoms with E-state index in [1.165, 1.54) is 29.6 Å². The Labute approximate surface area is 137 Å². The number of hydrogen-bond acceptors (Lipinski definition) is 2. The van der Waals surface area contributed by atoms with Gasteiger partial charge in [0.2, 0.25) is 5.91 Å². The van der Waals surface area contributed by atoms with E-state index in [2.05, 4.69) is 47.6 Å². The van der Waals surface area contributed by atoms with Crippen LogP contribution in [-0.2, 0) is 6.42 Å². The maximum Gasteiger partial charge on any atom is 0.232 e. The highest BCUT2D eigenvalue weighted by Crippen LogP contribution is 2.59. The Hall–Kier alpha value is -1.61. The second kappa shape index (κ2) is 4.47. The first kappa shape index (κ1) is 13.8. The summed E-state index contributed by atoms with van der Waals surface area (Å²) in [5.41, 5.74) is 4.05. The zero-order valence-corrected chi connectivity index (χ0v) is 14.0. The average Bonchev–Trinajstić information content (AvgIpc) is 2.92. The quantitative estimate of drug-likeness (QED) is 0.795. The van der Waals surface area contributed by atoms with Crippen LogP contribution >= 0.6 is 0 Å². The molecule has 0 aliphatic carbocycles. The second-order valence-corrected chi connectivity index (χ2v) is 7.75. The van der Waals surface area contributed by atoms with E-state index in [0.29, 0.717) is 24.3 Å². The lowest BCUT2D eigenvalue weighted by Gasteiger charge is -2.57. The van der Waals surface area contributed by atoms with Crippen LogP contribution in [0, 0.1) is 11.3 Å². The van der Waals surface area contributed by atoms with Crippen LogP contribution in [0.5, 0.6) is 0 Å². The lowest BCUT2D eigenvalue weighted by atomic mass is 9.59. The van der Waals surface area contributed by atoms with Gasteiger partial charge in [-0.2, -0.15) is 0 Å². The monoisotopic (exact) mass is 308 g/mol. The van der Waals surface area contributed by atoms with E-state index in [0.717, 1.165) is 24.9 Å². The normalized spacial score (nSPS) is 33.0. The third-order valence-electron chi connectivity index (χ3n) is 7.06. The zero-order chi connectivity index (χ0) is 15.8. The van der Waals surface area contributed by atoms with Gasteiger partial charge in [-0.3, -0.25) is 14.3 Å². The predicted octanol–water partition coefficient (Wildman–Crippen LogP) is 4.02. The Kier molecular flexibility index (Phi) is 2.68. The van der Waals surface area contributed by atoms with Crippen LogP contribution in [0.3, 0.4) is 0 Å². The number of piperidine rings is 1. The van der Waals surface area contributed by atoms with Crippen LogP contribution in [0.15, 0.2) is 24.3 Å². The Bertz CT molecular complexity index is 820. The van der Waals surface area contributed by atoms with E-state index in [-0.39, 0.29) is 5.41 Å². The van der Waals surface area contributed by atoms with E-state index in [1.807, 2.05) is 0 Å². The Morgan fingerprint density at radius 1 is 1.26 bits per heavy atom. The van der Waals surface area contributed by atoms with E-state index in [4.69, 9.17) is 0 Å². The summed E-state index contributed by atoms with van der Waals surface area (Å²) in [7, 11) is 0. The van der Waals surface area contributed by atoms with Crippen molar-refractivity contribution in [3.05, 3.63) is 35.5 Å². The molecule has 0 amide bonds. The highest BCUT2D eigenvalue weighted by Gasteiger charge is 2.55. The van der Waals surface area contributed by atoms with Crippen LogP contribution < -0.4 is 0 Å². The number of carbonyl (C=O) groups is 1. The number of rotatable bonds is 1. The topological polar surface area (TPSA) is 25.2 Å². The summed E-state index contributed by atoms with van der Waals surface area (Å²) in [5, 5.41) is 1.31. The van der Waals surface area contributed by atoms with Crippen molar-refractivity contribution in [3.8, 4) is 0 Å².